The van der Waals surface area contributed by atoms with Crippen LogP contribution < -0.4 is 5.32 Å². The zero-order valence-corrected chi connectivity index (χ0v) is 36.9. The van der Waals surface area contributed by atoms with Gasteiger partial charge in [-0.05, 0) is 57.8 Å². The molecule has 1 amide bonds. The molecule has 0 bridgehead atoms. The van der Waals surface area contributed by atoms with Gasteiger partial charge in [0.1, 0.15) is 0 Å². The zero-order valence-electron chi connectivity index (χ0n) is 36.9. The van der Waals surface area contributed by atoms with Crippen molar-refractivity contribution in [1.29, 1.82) is 0 Å². The molecule has 2 unspecified atom stereocenters. The standard InChI is InChI=1S/C51H95NO3/c1-3-5-7-9-11-13-15-17-19-21-22-23-24-25-26-27-28-29-30-31-33-35-37-39-41-43-45-47-51(55)52-49(48-53)50(54)46-44-42-40-38-36-34-32-20-18-16-14-12-10-8-6-4-2/h15,17,21-22,24-25,44,46,49-50,53-54H,3-14,16,18-20,23,26-43,45,47-48H2,1-2H3,(H,52,55)/b17-15-,22-21-,25-24-,46-44+. The van der Waals surface area contributed by atoms with Gasteiger partial charge in [0.2, 0.25) is 5.91 Å². The summed E-state index contributed by atoms with van der Waals surface area (Å²) in [5.41, 5.74) is 0. The summed E-state index contributed by atoms with van der Waals surface area (Å²) < 4.78 is 0. The van der Waals surface area contributed by atoms with E-state index in [9.17, 15) is 15.0 Å². The van der Waals surface area contributed by atoms with Gasteiger partial charge in [-0.2, -0.15) is 0 Å². The maximum absolute atomic E-state index is 12.4. The molecule has 322 valence electrons. The third-order valence-electron chi connectivity index (χ3n) is 11.1. The van der Waals surface area contributed by atoms with Gasteiger partial charge in [0.25, 0.3) is 0 Å². The molecule has 0 aliphatic rings. The van der Waals surface area contributed by atoms with E-state index in [4.69, 9.17) is 0 Å². The van der Waals surface area contributed by atoms with E-state index >= 15 is 0 Å². The number of amides is 1. The number of carbonyl (C=O) groups excluding carboxylic acids is 1. The predicted molar refractivity (Wildman–Crippen MR) is 244 cm³/mol. The van der Waals surface area contributed by atoms with E-state index in [-0.39, 0.29) is 12.5 Å². The van der Waals surface area contributed by atoms with Gasteiger partial charge in [0.05, 0.1) is 18.8 Å². The van der Waals surface area contributed by atoms with Crippen molar-refractivity contribution in [3.63, 3.8) is 0 Å². The number of aliphatic hydroxyl groups excluding tert-OH is 2. The number of hydrogen-bond acceptors (Lipinski definition) is 3. The van der Waals surface area contributed by atoms with Crippen molar-refractivity contribution in [3.8, 4) is 0 Å². The van der Waals surface area contributed by atoms with Crippen LogP contribution in [0.25, 0.3) is 0 Å². The fourth-order valence-electron chi connectivity index (χ4n) is 7.30. The maximum atomic E-state index is 12.4. The molecule has 0 fully saturated rings. The molecule has 0 spiro atoms. The van der Waals surface area contributed by atoms with Crippen LogP contribution in [0, 0.1) is 0 Å². The lowest BCUT2D eigenvalue weighted by molar-refractivity contribution is -0.123. The number of rotatable bonds is 44. The second-order valence-electron chi connectivity index (χ2n) is 16.5. The Kier molecular flexibility index (Phi) is 45.3. The Balaban J connectivity index is 3.54. The summed E-state index contributed by atoms with van der Waals surface area (Å²) in [6.45, 7) is 4.31. The summed E-state index contributed by atoms with van der Waals surface area (Å²) in [5, 5.41) is 23.1. The Labute approximate surface area is 344 Å². The molecule has 0 aromatic rings. The van der Waals surface area contributed by atoms with Gasteiger partial charge in [0, 0.05) is 6.42 Å². The lowest BCUT2D eigenvalue weighted by atomic mass is 10.0. The highest BCUT2D eigenvalue weighted by Gasteiger charge is 2.17. The third-order valence-corrected chi connectivity index (χ3v) is 11.1. The van der Waals surface area contributed by atoms with Crippen molar-refractivity contribution in [2.45, 2.75) is 264 Å². The Hall–Kier alpha value is -1.65. The first-order valence-corrected chi connectivity index (χ1v) is 24.4. The van der Waals surface area contributed by atoms with Gasteiger partial charge in [-0.3, -0.25) is 4.79 Å². The highest BCUT2D eigenvalue weighted by Crippen LogP contribution is 2.15. The van der Waals surface area contributed by atoms with Gasteiger partial charge in [0.15, 0.2) is 0 Å². The van der Waals surface area contributed by atoms with E-state index in [0.717, 1.165) is 38.5 Å². The molecule has 2 atom stereocenters. The topological polar surface area (TPSA) is 69.6 Å². The van der Waals surface area contributed by atoms with Crippen LogP contribution in [0.1, 0.15) is 251 Å². The van der Waals surface area contributed by atoms with Crippen LogP contribution in [-0.4, -0.2) is 34.9 Å². The van der Waals surface area contributed by atoms with Gasteiger partial charge >= 0.3 is 0 Å². The number of hydrogen-bond donors (Lipinski definition) is 3. The summed E-state index contributed by atoms with van der Waals surface area (Å²) in [4.78, 5) is 12.4. The molecule has 0 radical (unpaired) electrons. The normalized spacial score (nSPS) is 13.3. The number of allylic oxidation sites excluding steroid dienone is 7. The number of unbranched alkanes of at least 4 members (excludes halogenated alkanes) is 31. The molecule has 4 nitrogen and oxygen atoms in total. The fraction of sp³-hybridized carbons (Fsp3) is 0.824. The summed E-state index contributed by atoms with van der Waals surface area (Å²) in [5.74, 6) is -0.0656. The molecular weight excluding hydrogens is 675 g/mol. The third kappa shape index (κ3) is 43.3. The summed E-state index contributed by atoms with van der Waals surface area (Å²) >= 11 is 0. The second-order valence-corrected chi connectivity index (χ2v) is 16.5. The van der Waals surface area contributed by atoms with Crippen LogP contribution in [0.4, 0.5) is 0 Å². The fourth-order valence-corrected chi connectivity index (χ4v) is 7.30. The number of aliphatic hydroxyl groups is 2. The van der Waals surface area contributed by atoms with Crippen LogP contribution in [0.3, 0.4) is 0 Å². The highest BCUT2D eigenvalue weighted by atomic mass is 16.3. The molecular formula is C51H95NO3. The lowest BCUT2D eigenvalue weighted by Gasteiger charge is -2.20. The SMILES string of the molecule is CCCCCCC/C=C\C/C=C\C/C=C\CCCCCCCCCCCCCCC(=O)NC(CO)C(O)/C=C/CCCCCCCCCCCCCCCC. The summed E-state index contributed by atoms with van der Waals surface area (Å²) in [6.07, 6.45) is 63.7. The van der Waals surface area contributed by atoms with Gasteiger partial charge in [-0.1, -0.05) is 236 Å². The highest BCUT2D eigenvalue weighted by molar-refractivity contribution is 5.76. The largest absolute Gasteiger partial charge is 0.394 e. The van der Waals surface area contributed by atoms with Crippen LogP contribution in [0.2, 0.25) is 0 Å². The molecule has 0 aromatic heterocycles. The second kappa shape index (κ2) is 46.7. The smallest absolute Gasteiger partial charge is 0.220 e. The van der Waals surface area contributed by atoms with Crippen LogP contribution in [-0.2, 0) is 4.79 Å². The Morgan fingerprint density at radius 2 is 0.745 bits per heavy atom. The van der Waals surface area contributed by atoms with Crippen molar-refractivity contribution in [2.75, 3.05) is 6.61 Å². The molecule has 0 saturated heterocycles. The minimum absolute atomic E-state index is 0.0656. The van der Waals surface area contributed by atoms with Crippen molar-refractivity contribution in [3.05, 3.63) is 48.6 Å². The van der Waals surface area contributed by atoms with Crippen LogP contribution in [0.5, 0.6) is 0 Å². The average Bonchev–Trinajstić information content (AvgIpc) is 3.19. The zero-order chi connectivity index (χ0) is 40.0. The molecule has 3 N–H and O–H groups in total. The van der Waals surface area contributed by atoms with Gasteiger partial charge in [-0.15, -0.1) is 0 Å². The number of nitrogens with one attached hydrogen (secondary N) is 1. The Morgan fingerprint density at radius 3 is 1.11 bits per heavy atom. The van der Waals surface area contributed by atoms with Crippen LogP contribution in [0.15, 0.2) is 48.6 Å². The maximum Gasteiger partial charge on any atom is 0.220 e. The first kappa shape index (κ1) is 53.4. The summed E-state index contributed by atoms with van der Waals surface area (Å²) in [7, 11) is 0. The van der Waals surface area contributed by atoms with E-state index in [2.05, 4.69) is 55.6 Å². The van der Waals surface area contributed by atoms with E-state index in [1.54, 1.807) is 6.08 Å². The van der Waals surface area contributed by atoms with E-state index in [1.165, 1.54) is 193 Å². The van der Waals surface area contributed by atoms with E-state index in [0.29, 0.717) is 6.42 Å². The monoisotopic (exact) mass is 770 g/mol. The molecule has 0 rings (SSSR count). The average molecular weight is 770 g/mol. The molecule has 4 heteroatoms. The first-order valence-electron chi connectivity index (χ1n) is 24.4. The van der Waals surface area contributed by atoms with Gasteiger partial charge < -0.3 is 15.5 Å². The quantitative estimate of drug-likeness (QED) is 0.0427. The Bertz CT molecular complexity index is 877. The van der Waals surface area contributed by atoms with Gasteiger partial charge in [-0.25, -0.2) is 0 Å². The van der Waals surface area contributed by atoms with Crippen molar-refractivity contribution < 1.29 is 15.0 Å². The summed E-state index contributed by atoms with van der Waals surface area (Å²) in [6, 6.07) is -0.623. The first-order chi connectivity index (χ1) is 27.2. The van der Waals surface area contributed by atoms with Crippen molar-refractivity contribution in [1.82, 2.24) is 5.32 Å². The van der Waals surface area contributed by atoms with Crippen molar-refractivity contribution >= 4 is 5.91 Å². The number of carbonyl (C=O) groups is 1. The molecule has 0 aliphatic carbocycles. The molecule has 0 aromatic carbocycles. The predicted octanol–water partition coefficient (Wildman–Crippen LogP) is 15.5. The lowest BCUT2D eigenvalue weighted by Crippen LogP contribution is -2.45. The minimum Gasteiger partial charge on any atom is -0.394 e. The van der Waals surface area contributed by atoms with E-state index < -0.39 is 12.1 Å². The van der Waals surface area contributed by atoms with Crippen LogP contribution >= 0.6 is 0 Å². The Morgan fingerprint density at radius 1 is 0.436 bits per heavy atom. The molecule has 0 heterocycles. The molecule has 0 aliphatic heterocycles. The molecule has 0 saturated carbocycles. The molecule has 55 heavy (non-hydrogen) atoms. The minimum atomic E-state index is -0.840. The van der Waals surface area contributed by atoms with Crippen molar-refractivity contribution in [2.24, 2.45) is 0 Å². The van der Waals surface area contributed by atoms with E-state index in [1.807, 2.05) is 6.08 Å².